The summed E-state index contributed by atoms with van der Waals surface area (Å²) in [5.41, 5.74) is 1.02. The summed E-state index contributed by atoms with van der Waals surface area (Å²) < 4.78 is 28.6. The molecule has 176 valence electrons. The number of ether oxygens (including phenoxy) is 2. The van der Waals surface area contributed by atoms with Crippen LogP contribution in [0, 0.1) is 5.82 Å². The highest BCUT2D eigenvalue weighted by Gasteiger charge is 2.24. The van der Waals surface area contributed by atoms with Crippen molar-refractivity contribution < 1.29 is 18.7 Å². The van der Waals surface area contributed by atoms with Gasteiger partial charge in [0, 0.05) is 43.3 Å². The standard InChI is InChI=1S/C26H26FN3O4/c1-28-10-7-17-21(28)11-16(27)12-22(17)30-15-20(25(31)29-8-5-4-6-9-29)18-13-23(33-2)24(34-3)14-19(18)26(30)32/h7,10-15H,4-6,8-9H2,1-3H3. The number of nitrogens with zero attached hydrogens (tertiary/aromatic N) is 3. The number of benzene rings is 2. The van der Waals surface area contributed by atoms with E-state index in [1.54, 1.807) is 16.7 Å². The summed E-state index contributed by atoms with van der Waals surface area (Å²) in [5.74, 6) is 0.181. The van der Waals surface area contributed by atoms with Crippen molar-refractivity contribution in [2.75, 3.05) is 27.3 Å². The van der Waals surface area contributed by atoms with Gasteiger partial charge in [0.15, 0.2) is 11.5 Å². The monoisotopic (exact) mass is 463 g/mol. The second-order valence-corrected chi connectivity index (χ2v) is 8.61. The third kappa shape index (κ3) is 3.50. The van der Waals surface area contributed by atoms with E-state index < -0.39 is 5.82 Å². The molecule has 1 saturated heterocycles. The Morgan fingerprint density at radius 2 is 1.62 bits per heavy atom. The molecule has 8 heteroatoms. The molecule has 0 atom stereocenters. The number of rotatable bonds is 4. The van der Waals surface area contributed by atoms with E-state index in [0.29, 0.717) is 57.5 Å². The summed E-state index contributed by atoms with van der Waals surface area (Å²) >= 11 is 0. The van der Waals surface area contributed by atoms with Crippen molar-refractivity contribution >= 4 is 27.6 Å². The number of halogens is 1. The first-order valence-corrected chi connectivity index (χ1v) is 11.3. The van der Waals surface area contributed by atoms with Crippen LogP contribution >= 0.6 is 0 Å². The number of fused-ring (bicyclic) bond motifs is 2. The zero-order chi connectivity index (χ0) is 24.0. The fourth-order valence-corrected chi connectivity index (χ4v) is 4.80. The summed E-state index contributed by atoms with van der Waals surface area (Å²) in [4.78, 5) is 29.2. The molecule has 7 nitrogen and oxygen atoms in total. The van der Waals surface area contributed by atoms with Crippen LogP contribution in [0.25, 0.3) is 27.4 Å². The summed E-state index contributed by atoms with van der Waals surface area (Å²) in [6, 6.07) is 7.84. The van der Waals surface area contributed by atoms with Crippen LogP contribution in [0.1, 0.15) is 29.6 Å². The molecule has 1 amide bonds. The first-order chi connectivity index (χ1) is 16.4. The lowest BCUT2D eigenvalue weighted by atomic mass is 10.0. The number of carbonyl (C=O) groups is 1. The first-order valence-electron chi connectivity index (χ1n) is 11.3. The minimum Gasteiger partial charge on any atom is -0.493 e. The van der Waals surface area contributed by atoms with Gasteiger partial charge in [-0.05, 0) is 49.6 Å². The lowest BCUT2D eigenvalue weighted by molar-refractivity contribution is 0.0725. The van der Waals surface area contributed by atoms with Gasteiger partial charge in [0.2, 0.25) is 0 Å². The zero-order valence-electron chi connectivity index (χ0n) is 19.4. The normalized spacial score (nSPS) is 14.1. The highest BCUT2D eigenvalue weighted by atomic mass is 19.1. The predicted octanol–water partition coefficient (Wildman–Crippen LogP) is 4.26. The maximum atomic E-state index is 14.6. The molecule has 0 spiro atoms. The van der Waals surface area contributed by atoms with E-state index in [4.69, 9.17) is 9.47 Å². The SMILES string of the molecule is COc1cc2c(C(=O)N3CCCCC3)cn(-c3cc(F)cc4c3ccn4C)c(=O)c2cc1OC. The summed E-state index contributed by atoms with van der Waals surface area (Å²) in [6.45, 7) is 1.32. The van der Waals surface area contributed by atoms with Crippen LogP contribution in [-0.4, -0.2) is 47.3 Å². The quantitative estimate of drug-likeness (QED) is 0.454. The van der Waals surface area contributed by atoms with Crippen LogP contribution in [-0.2, 0) is 7.05 Å². The van der Waals surface area contributed by atoms with Crippen molar-refractivity contribution in [2.45, 2.75) is 19.3 Å². The van der Waals surface area contributed by atoms with Crippen LogP contribution < -0.4 is 15.0 Å². The van der Waals surface area contributed by atoms with E-state index in [2.05, 4.69) is 0 Å². The molecule has 4 aromatic rings. The summed E-state index contributed by atoms with van der Waals surface area (Å²) in [7, 11) is 4.82. The van der Waals surface area contributed by atoms with Crippen molar-refractivity contribution in [3.8, 4) is 17.2 Å². The smallest absolute Gasteiger partial charge is 0.263 e. The van der Waals surface area contributed by atoms with Crippen molar-refractivity contribution in [1.29, 1.82) is 0 Å². The lowest BCUT2D eigenvalue weighted by Crippen LogP contribution is -2.36. The van der Waals surface area contributed by atoms with Crippen molar-refractivity contribution in [1.82, 2.24) is 14.0 Å². The minimum atomic E-state index is -0.465. The number of aryl methyl sites for hydroxylation is 1. The van der Waals surface area contributed by atoms with Gasteiger partial charge in [0.25, 0.3) is 11.5 Å². The van der Waals surface area contributed by atoms with E-state index in [0.717, 1.165) is 19.3 Å². The molecule has 0 N–H and O–H groups in total. The summed E-state index contributed by atoms with van der Waals surface area (Å²) in [6.07, 6.45) is 6.32. The van der Waals surface area contributed by atoms with Gasteiger partial charge in [0.1, 0.15) is 5.82 Å². The van der Waals surface area contributed by atoms with Gasteiger partial charge in [-0.3, -0.25) is 14.2 Å². The number of piperidine rings is 1. The van der Waals surface area contributed by atoms with Gasteiger partial charge in [-0.25, -0.2) is 4.39 Å². The molecule has 1 aliphatic rings. The Balaban J connectivity index is 1.84. The molecule has 1 fully saturated rings. The van der Waals surface area contributed by atoms with Crippen molar-refractivity contribution in [3.05, 3.63) is 64.5 Å². The van der Waals surface area contributed by atoms with Gasteiger partial charge < -0.3 is 18.9 Å². The Labute approximate surface area is 195 Å². The molecule has 5 rings (SSSR count). The highest BCUT2D eigenvalue weighted by molar-refractivity contribution is 6.07. The molecule has 0 aliphatic carbocycles. The van der Waals surface area contributed by atoms with E-state index in [-0.39, 0.29) is 11.5 Å². The minimum absolute atomic E-state index is 0.161. The molecule has 0 radical (unpaired) electrons. The third-order valence-corrected chi connectivity index (χ3v) is 6.60. The molecular formula is C26H26FN3O4. The molecule has 34 heavy (non-hydrogen) atoms. The predicted molar refractivity (Wildman–Crippen MR) is 129 cm³/mol. The summed E-state index contributed by atoms with van der Waals surface area (Å²) in [5, 5.41) is 1.49. The Kier molecular flexibility index (Phi) is 5.51. The molecule has 2 aromatic heterocycles. The number of likely N-dealkylation sites (tertiary alicyclic amines) is 1. The van der Waals surface area contributed by atoms with E-state index >= 15 is 0 Å². The second-order valence-electron chi connectivity index (χ2n) is 8.61. The number of pyridine rings is 1. The molecule has 2 aromatic carbocycles. The van der Waals surface area contributed by atoms with E-state index in [1.807, 2.05) is 24.2 Å². The zero-order valence-corrected chi connectivity index (χ0v) is 19.4. The topological polar surface area (TPSA) is 65.7 Å². The van der Waals surface area contributed by atoms with E-state index in [1.165, 1.54) is 37.1 Å². The van der Waals surface area contributed by atoms with Crippen molar-refractivity contribution in [3.63, 3.8) is 0 Å². The maximum Gasteiger partial charge on any atom is 0.263 e. The van der Waals surface area contributed by atoms with Gasteiger partial charge in [0.05, 0.1) is 36.4 Å². The Morgan fingerprint density at radius 3 is 2.29 bits per heavy atom. The van der Waals surface area contributed by atoms with Crippen LogP contribution in [0.4, 0.5) is 4.39 Å². The molecule has 1 aliphatic heterocycles. The number of hydrogen-bond acceptors (Lipinski definition) is 4. The molecule has 0 bridgehead atoms. The Morgan fingerprint density at radius 1 is 0.941 bits per heavy atom. The van der Waals surface area contributed by atoms with Crippen molar-refractivity contribution in [2.24, 2.45) is 7.05 Å². The maximum absolute atomic E-state index is 14.6. The van der Waals surface area contributed by atoms with Gasteiger partial charge >= 0.3 is 0 Å². The molecule has 0 saturated carbocycles. The average molecular weight is 464 g/mol. The average Bonchev–Trinajstić information content (AvgIpc) is 3.23. The molecule has 3 heterocycles. The molecule has 0 unspecified atom stereocenters. The van der Waals surface area contributed by atoms with Gasteiger partial charge in [-0.2, -0.15) is 0 Å². The fourth-order valence-electron chi connectivity index (χ4n) is 4.80. The number of hydrogen-bond donors (Lipinski definition) is 0. The lowest BCUT2D eigenvalue weighted by Gasteiger charge is -2.27. The largest absolute Gasteiger partial charge is 0.493 e. The van der Waals surface area contributed by atoms with Crippen LogP contribution in [0.3, 0.4) is 0 Å². The number of carbonyl (C=O) groups excluding carboxylic acids is 1. The first kappa shape index (κ1) is 22.0. The number of aromatic nitrogens is 2. The number of amides is 1. The third-order valence-electron chi connectivity index (χ3n) is 6.60. The highest BCUT2D eigenvalue weighted by Crippen LogP contribution is 2.34. The Hall–Kier alpha value is -3.81. The van der Waals surface area contributed by atoms with Crippen LogP contribution in [0.5, 0.6) is 11.5 Å². The number of methoxy groups -OCH3 is 2. The fraction of sp³-hybridized carbons (Fsp3) is 0.308. The Bertz CT molecular complexity index is 1480. The van der Waals surface area contributed by atoms with Crippen LogP contribution in [0.2, 0.25) is 0 Å². The molecular weight excluding hydrogens is 437 g/mol. The van der Waals surface area contributed by atoms with Gasteiger partial charge in [-0.15, -0.1) is 0 Å². The second kappa shape index (κ2) is 8.52. The van der Waals surface area contributed by atoms with E-state index in [9.17, 15) is 14.0 Å². The van der Waals surface area contributed by atoms with Gasteiger partial charge in [-0.1, -0.05) is 0 Å². The van der Waals surface area contributed by atoms with Crippen LogP contribution in [0.15, 0.2) is 47.5 Å².